The van der Waals surface area contributed by atoms with E-state index in [1.165, 1.54) is 18.2 Å². The lowest BCUT2D eigenvalue weighted by Crippen LogP contribution is -2.28. The highest BCUT2D eigenvalue weighted by atomic mass is 79.9. The third-order valence-electron chi connectivity index (χ3n) is 1.60. The molecule has 4 N–H and O–H groups in total. The van der Waals surface area contributed by atoms with Gasteiger partial charge in [0.15, 0.2) is 0 Å². The van der Waals surface area contributed by atoms with Crippen LogP contribution in [-0.4, -0.2) is 5.91 Å². The van der Waals surface area contributed by atoms with E-state index in [4.69, 9.17) is 11.5 Å². The second-order valence-corrected chi connectivity index (χ2v) is 3.40. The Kier molecular flexibility index (Phi) is 3.00. The molecule has 3 nitrogen and oxygen atoms in total. The van der Waals surface area contributed by atoms with Crippen molar-refractivity contribution >= 4 is 21.8 Å². The lowest BCUT2D eigenvalue weighted by molar-refractivity contribution is -0.119. The maximum absolute atomic E-state index is 12.7. The molecule has 0 saturated heterocycles. The van der Waals surface area contributed by atoms with Crippen LogP contribution in [0.15, 0.2) is 22.7 Å². The van der Waals surface area contributed by atoms with E-state index in [1.54, 1.807) is 0 Å². The number of hydrogen-bond donors (Lipinski definition) is 2. The summed E-state index contributed by atoms with van der Waals surface area (Å²) >= 11 is 3.14. The van der Waals surface area contributed by atoms with Crippen LogP contribution < -0.4 is 11.5 Å². The van der Waals surface area contributed by atoms with Crippen LogP contribution in [0.25, 0.3) is 0 Å². The average molecular weight is 247 g/mol. The van der Waals surface area contributed by atoms with Crippen molar-refractivity contribution in [1.82, 2.24) is 0 Å². The van der Waals surface area contributed by atoms with E-state index in [2.05, 4.69) is 15.9 Å². The third kappa shape index (κ3) is 2.26. The van der Waals surface area contributed by atoms with Crippen molar-refractivity contribution in [1.29, 1.82) is 0 Å². The van der Waals surface area contributed by atoms with Crippen molar-refractivity contribution in [2.24, 2.45) is 11.5 Å². The molecule has 0 fully saturated rings. The number of hydrogen-bond acceptors (Lipinski definition) is 2. The van der Waals surface area contributed by atoms with Crippen LogP contribution in [0.3, 0.4) is 0 Å². The van der Waals surface area contributed by atoms with E-state index in [1.807, 2.05) is 0 Å². The smallest absolute Gasteiger partial charge is 0.238 e. The molecule has 1 rings (SSSR count). The minimum absolute atomic E-state index is 0.354. The van der Waals surface area contributed by atoms with Crippen molar-refractivity contribution in [3.05, 3.63) is 34.1 Å². The topological polar surface area (TPSA) is 69.1 Å². The molecule has 13 heavy (non-hydrogen) atoms. The fraction of sp³-hybridized carbons (Fsp3) is 0.125. The third-order valence-corrected chi connectivity index (χ3v) is 2.32. The Morgan fingerprint density at radius 2 is 2.15 bits per heavy atom. The predicted octanol–water partition coefficient (Wildman–Crippen LogP) is 1.07. The molecule has 0 spiro atoms. The lowest BCUT2D eigenvalue weighted by Gasteiger charge is -2.09. The zero-order chi connectivity index (χ0) is 10.0. The first-order valence-electron chi connectivity index (χ1n) is 3.52. The van der Waals surface area contributed by atoms with E-state index < -0.39 is 17.8 Å². The molecule has 0 bridgehead atoms. The minimum atomic E-state index is -0.981. The Morgan fingerprint density at radius 1 is 1.54 bits per heavy atom. The molecule has 1 atom stereocenters. The molecule has 5 heteroatoms. The van der Waals surface area contributed by atoms with Gasteiger partial charge in [0.25, 0.3) is 0 Å². The van der Waals surface area contributed by atoms with Crippen LogP contribution in [0.5, 0.6) is 0 Å². The number of amides is 1. The number of halogens is 2. The Bertz CT molecular complexity index is 343. The quantitative estimate of drug-likeness (QED) is 0.820. The molecule has 1 aromatic rings. The van der Waals surface area contributed by atoms with Gasteiger partial charge in [-0.25, -0.2) is 4.39 Å². The van der Waals surface area contributed by atoms with Gasteiger partial charge < -0.3 is 11.5 Å². The van der Waals surface area contributed by atoms with Crippen LogP contribution in [0.4, 0.5) is 4.39 Å². The highest BCUT2D eigenvalue weighted by Crippen LogP contribution is 2.22. The first kappa shape index (κ1) is 10.1. The molecule has 0 aromatic heterocycles. The number of rotatable bonds is 2. The van der Waals surface area contributed by atoms with E-state index in [0.29, 0.717) is 10.0 Å². The van der Waals surface area contributed by atoms with Gasteiger partial charge in [-0.15, -0.1) is 0 Å². The maximum Gasteiger partial charge on any atom is 0.238 e. The van der Waals surface area contributed by atoms with Crippen LogP contribution in [-0.2, 0) is 4.79 Å². The van der Waals surface area contributed by atoms with Crippen molar-refractivity contribution in [3.8, 4) is 0 Å². The predicted molar refractivity (Wildman–Crippen MR) is 50.2 cm³/mol. The summed E-state index contributed by atoms with van der Waals surface area (Å²) in [4.78, 5) is 10.7. The Balaban J connectivity index is 3.12. The summed E-state index contributed by atoms with van der Waals surface area (Å²) in [5.41, 5.74) is 10.8. The summed E-state index contributed by atoms with van der Waals surface area (Å²) < 4.78 is 13.3. The van der Waals surface area contributed by atoms with Crippen LogP contribution in [0, 0.1) is 5.82 Å². The first-order chi connectivity index (χ1) is 6.02. The summed E-state index contributed by atoms with van der Waals surface area (Å²) in [6.07, 6.45) is 0. The van der Waals surface area contributed by atoms with Crippen LogP contribution in [0.2, 0.25) is 0 Å². The fourth-order valence-electron chi connectivity index (χ4n) is 0.906. The Hall–Kier alpha value is -0.940. The molecular weight excluding hydrogens is 239 g/mol. The standard InChI is InChI=1S/C8H8BrFN2O/c9-6-2-1-4(10)3-5(6)7(11)8(12)13/h1-3,7H,11H2,(H2,12,13). The molecule has 0 heterocycles. The van der Waals surface area contributed by atoms with Gasteiger partial charge in [-0.05, 0) is 23.8 Å². The van der Waals surface area contributed by atoms with Crippen LogP contribution >= 0.6 is 15.9 Å². The molecule has 0 saturated carbocycles. The molecule has 1 unspecified atom stereocenters. The molecule has 0 aliphatic carbocycles. The van der Waals surface area contributed by atoms with Gasteiger partial charge in [0.05, 0.1) is 0 Å². The summed E-state index contributed by atoms with van der Waals surface area (Å²) in [5.74, 6) is -1.14. The monoisotopic (exact) mass is 246 g/mol. The molecule has 70 valence electrons. The van der Waals surface area contributed by atoms with Gasteiger partial charge in [-0.3, -0.25) is 4.79 Å². The zero-order valence-corrected chi connectivity index (χ0v) is 8.21. The molecular formula is C8H8BrFN2O. The van der Waals surface area contributed by atoms with E-state index in [9.17, 15) is 9.18 Å². The summed E-state index contributed by atoms with van der Waals surface area (Å²) in [5, 5.41) is 0. The second kappa shape index (κ2) is 3.85. The highest BCUT2D eigenvalue weighted by molar-refractivity contribution is 9.10. The summed E-state index contributed by atoms with van der Waals surface area (Å²) in [6.45, 7) is 0. The lowest BCUT2D eigenvalue weighted by atomic mass is 10.1. The van der Waals surface area contributed by atoms with Gasteiger partial charge in [0, 0.05) is 4.47 Å². The number of nitrogens with two attached hydrogens (primary N) is 2. The van der Waals surface area contributed by atoms with Crippen molar-refractivity contribution < 1.29 is 9.18 Å². The summed E-state index contributed by atoms with van der Waals surface area (Å²) in [6, 6.07) is 2.94. The summed E-state index contributed by atoms with van der Waals surface area (Å²) in [7, 11) is 0. The highest BCUT2D eigenvalue weighted by Gasteiger charge is 2.15. The van der Waals surface area contributed by atoms with E-state index in [-0.39, 0.29) is 0 Å². The maximum atomic E-state index is 12.7. The molecule has 1 amide bonds. The zero-order valence-electron chi connectivity index (χ0n) is 6.63. The van der Waals surface area contributed by atoms with Gasteiger partial charge in [0.1, 0.15) is 11.9 Å². The molecule has 0 aliphatic heterocycles. The van der Waals surface area contributed by atoms with Gasteiger partial charge in [-0.2, -0.15) is 0 Å². The van der Waals surface area contributed by atoms with E-state index >= 15 is 0 Å². The van der Waals surface area contributed by atoms with Gasteiger partial charge in [0.2, 0.25) is 5.91 Å². The number of carbonyl (C=O) groups is 1. The molecule has 0 aliphatic rings. The number of benzene rings is 1. The molecule has 0 radical (unpaired) electrons. The van der Waals surface area contributed by atoms with Gasteiger partial charge in [-0.1, -0.05) is 15.9 Å². The normalized spacial score (nSPS) is 12.5. The SMILES string of the molecule is NC(=O)C(N)c1cc(F)ccc1Br. The van der Waals surface area contributed by atoms with Crippen LogP contribution in [0.1, 0.15) is 11.6 Å². The Labute approximate surface area is 83.0 Å². The number of primary amides is 1. The molecule has 1 aromatic carbocycles. The van der Waals surface area contributed by atoms with Gasteiger partial charge >= 0.3 is 0 Å². The first-order valence-corrected chi connectivity index (χ1v) is 4.31. The van der Waals surface area contributed by atoms with E-state index in [0.717, 1.165) is 0 Å². The Morgan fingerprint density at radius 3 is 2.69 bits per heavy atom. The average Bonchev–Trinajstić information content (AvgIpc) is 2.08. The van der Waals surface area contributed by atoms with Crippen molar-refractivity contribution in [2.75, 3.05) is 0 Å². The largest absolute Gasteiger partial charge is 0.368 e. The van der Waals surface area contributed by atoms with Crippen molar-refractivity contribution in [2.45, 2.75) is 6.04 Å². The number of carbonyl (C=O) groups excluding carboxylic acids is 1. The van der Waals surface area contributed by atoms with Crippen molar-refractivity contribution in [3.63, 3.8) is 0 Å². The second-order valence-electron chi connectivity index (χ2n) is 2.55. The minimum Gasteiger partial charge on any atom is -0.368 e. The fourth-order valence-corrected chi connectivity index (χ4v) is 1.40.